The minimum atomic E-state index is -2.81. The monoisotopic (exact) mass is 694 g/mol. The van der Waals surface area contributed by atoms with Crippen LogP contribution in [0.5, 0.6) is 11.5 Å². The van der Waals surface area contributed by atoms with Crippen molar-refractivity contribution in [2.24, 2.45) is 0 Å². The van der Waals surface area contributed by atoms with Crippen LogP contribution in [0.4, 0.5) is 0 Å². The first-order valence-corrected chi connectivity index (χ1v) is 21.4. The number of hydrogen-bond acceptors (Lipinski definition) is 1. The Morgan fingerprint density at radius 1 is 0.404 bits per heavy atom. The topological polar surface area (TPSA) is 14.2 Å². The Morgan fingerprint density at radius 3 is 1.60 bits per heavy atom. The van der Waals surface area contributed by atoms with E-state index in [0.29, 0.717) is 0 Å². The zero-order valence-electron chi connectivity index (χ0n) is 28.3. The number of fused-ring (bicyclic) bond motifs is 11. The van der Waals surface area contributed by atoms with Crippen LogP contribution in [0.15, 0.2) is 194 Å². The Balaban J connectivity index is 1.16. The summed E-state index contributed by atoms with van der Waals surface area (Å²) < 4.78 is 9.11. The van der Waals surface area contributed by atoms with Crippen molar-refractivity contribution in [1.82, 2.24) is 4.57 Å². The number of hydrogen-bond donors (Lipinski definition) is 0. The normalized spacial score (nSPS) is 14.0. The summed E-state index contributed by atoms with van der Waals surface area (Å²) in [7, 11) is -4.11. The summed E-state index contributed by atoms with van der Waals surface area (Å²) in [6.45, 7) is 0. The third kappa shape index (κ3) is 4.10. The van der Waals surface area contributed by atoms with E-state index in [9.17, 15) is 0 Å². The Morgan fingerprint density at radius 2 is 0.923 bits per heavy atom. The van der Waals surface area contributed by atoms with Gasteiger partial charge in [-0.3, -0.25) is 0 Å². The van der Waals surface area contributed by atoms with E-state index in [1.54, 1.807) is 0 Å². The van der Waals surface area contributed by atoms with Crippen LogP contribution in [0.25, 0.3) is 38.6 Å². The second-order valence-corrected chi connectivity index (χ2v) is 19.9. The Kier molecular flexibility index (Phi) is 6.47. The third-order valence-electron chi connectivity index (χ3n) is 11.2. The van der Waals surface area contributed by atoms with Gasteiger partial charge in [-0.1, -0.05) is 173 Å². The molecule has 3 heterocycles. The molecule has 0 bridgehead atoms. The van der Waals surface area contributed by atoms with Gasteiger partial charge in [-0.05, 0) is 68.3 Å². The summed E-state index contributed by atoms with van der Waals surface area (Å²) >= 11 is 0. The van der Waals surface area contributed by atoms with Crippen LogP contribution in [-0.4, -0.2) is 21.4 Å². The van der Waals surface area contributed by atoms with Crippen LogP contribution in [0.3, 0.4) is 0 Å². The SMILES string of the molecule is c1ccc([Si]2c3ccccc3[Si]3(c4ccccc4Oc4ccccc43)c3cc(-c4ccc(-n5c6ccccc6c6ccccc65)cc4)ccc32)cc1. The van der Waals surface area contributed by atoms with Crippen molar-refractivity contribution in [3.8, 4) is 28.3 Å². The lowest BCUT2D eigenvalue weighted by Crippen LogP contribution is -2.87. The first-order valence-electron chi connectivity index (χ1n) is 17.9. The number of aromatic nitrogens is 1. The predicted octanol–water partition coefficient (Wildman–Crippen LogP) is 6.76. The van der Waals surface area contributed by atoms with E-state index in [2.05, 4.69) is 199 Å². The molecular weight excluding hydrogens is 663 g/mol. The van der Waals surface area contributed by atoms with Gasteiger partial charge in [0.2, 0.25) is 0 Å². The second kappa shape index (κ2) is 11.4. The fraction of sp³-hybridized carbons (Fsp3) is 0. The maximum atomic E-state index is 6.71. The molecule has 1 spiro atoms. The van der Waals surface area contributed by atoms with E-state index in [4.69, 9.17) is 4.74 Å². The fourth-order valence-electron chi connectivity index (χ4n) is 9.06. The van der Waals surface area contributed by atoms with Gasteiger partial charge < -0.3 is 9.30 Å². The Labute approximate surface area is 305 Å². The lowest BCUT2D eigenvalue weighted by molar-refractivity contribution is 0.487. The standard InChI is InChI=1S/C48H32NOSi2/c1-2-14-36(15-3-1)51-43-22-10-13-25-47(43)52(45-23-11-8-20-41(45)50-42-21-9-12-24-46(42)52)48-32-34(28-31-44(48)51)33-26-29-35(30-27-33)49-39-18-6-4-16-37(39)38-17-5-7-19-40(38)49/h1-32H. The number of ether oxygens (including phenoxy) is 1. The number of nitrogens with zero attached hydrogens (tertiary/aromatic N) is 1. The zero-order valence-corrected chi connectivity index (χ0v) is 30.3. The number of rotatable bonds is 3. The average molecular weight is 695 g/mol. The Hall–Kier alpha value is -6.21. The van der Waals surface area contributed by atoms with Crippen molar-refractivity contribution < 1.29 is 4.74 Å². The van der Waals surface area contributed by atoms with E-state index in [-0.39, 0.29) is 0 Å². The molecule has 243 valence electrons. The summed E-state index contributed by atoms with van der Waals surface area (Å²) in [5.41, 5.74) is 6.08. The first kappa shape index (κ1) is 29.5. The van der Waals surface area contributed by atoms with Crippen molar-refractivity contribution in [3.63, 3.8) is 0 Å². The van der Waals surface area contributed by atoms with Crippen LogP contribution >= 0.6 is 0 Å². The molecule has 1 aromatic heterocycles. The van der Waals surface area contributed by atoms with E-state index >= 15 is 0 Å². The molecule has 0 fully saturated rings. The molecule has 0 saturated carbocycles. The minimum absolute atomic E-state index is 0.977. The van der Waals surface area contributed by atoms with Crippen LogP contribution < -0.4 is 41.0 Å². The molecular formula is C48H32NOSi2. The maximum absolute atomic E-state index is 6.71. The third-order valence-corrected chi connectivity index (χ3v) is 19.5. The van der Waals surface area contributed by atoms with Crippen LogP contribution in [0.1, 0.15) is 0 Å². The highest BCUT2D eigenvalue weighted by atomic mass is 28.3. The molecule has 9 aromatic rings. The van der Waals surface area contributed by atoms with Gasteiger partial charge in [0, 0.05) is 16.5 Å². The highest BCUT2D eigenvalue weighted by Crippen LogP contribution is 2.34. The minimum Gasteiger partial charge on any atom is -0.458 e. The van der Waals surface area contributed by atoms with Gasteiger partial charge in [-0.25, -0.2) is 0 Å². The van der Waals surface area contributed by atoms with Crippen LogP contribution in [0.2, 0.25) is 0 Å². The van der Waals surface area contributed by atoms with Crippen molar-refractivity contribution in [2.45, 2.75) is 0 Å². The summed E-state index contributed by atoms with van der Waals surface area (Å²) in [5.74, 6) is 1.95. The molecule has 2 nitrogen and oxygen atoms in total. The van der Waals surface area contributed by atoms with E-state index < -0.39 is 16.9 Å². The number of benzene rings is 8. The molecule has 0 atom stereocenters. The maximum Gasteiger partial charge on any atom is 0.188 e. The van der Waals surface area contributed by atoms with Gasteiger partial charge in [-0.15, -0.1) is 0 Å². The molecule has 1 radical (unpaired) electrons. The van der Waals surface area contributed by atoms with E-state index in [0.717, 1.165) is 11.5 Å². The lowest BCUT2D eigenvalue weighted by atomic mass is 10.1. The molecule has 2 aliphatic heterocycles. The molecule has 0 amide bonds. The van der Waals surface area contributed by atoms with Crippen molar-refractivity contribution in [1.29, 1.82) is 0 Å². The molecule has 8 aromatic carbocycles. The Bertz CT molecular complexity index is 2740. The van der Waals surface area contributed by atoms with Crippen LogP contribution in [-0.2, 0) is 0 Å². The molecule has 11 rings (SSSR count). The lowest BCUT2D eigenvalue weighted by Gasteiger charge is -2.45. The van der Waals surface area contributed by atoms with Gasteiger partial charge in [0.15, 0.2) is 16.9 Å². The average Bonchev–Trinajstić information content (AvgIpc) is 3.55. The molecule has 0 N–H and O–H groups in total. The predicted molar refractivity (Wildman–Crippen MR) is 221 cm³/mol. The van der Waals surface area contributed by atoms with Gasteiger partial charge >= 0.3 is 0 Å². The summed E-state index contributed by atoms with van der Waals surface area (Å²) in [5, 5.41) is 12.6. The molecule has 4 heteroatoms. The second-order valence-electron chi connectivity index (χ2n) is 13.8. The molecule has 2 aliphatic rings. The van der Waals surface area contributed by atoms with Crippen LogP contribution in [0, 0.1) is 0 Å². The van der Waals surface area contributed by atoms with Crippen molar-refractivity contribution >= 4 is 75.0 Å². The highest BCUT2D eigenvalue weighted by molar-refractivity contribution is 7.27. The van der Waals surface area contributed by atoms with Gasteiger partial charge in [0.1, 0.15) is 11.5 Å². The first-order chi connectivity index (χ1) is 25.8. The largest absolute Gasteiger partial charge is 0.458 e. The summed E-state index contributed by atoms with van der Waals surface area (Å²) in [4.78, 5) is 0. The van der Waals surface area contributed by atoms with Gasteiger partial charge in [-0.2, -0.15) is 0 Å². The highest BCUT2D eigenvalue weighted by Gasteiger charge is 2.53. The molecule has 52 heavy (non-hydrogen) atoms. The molecule has 0 aliphatic carbocycles. The van der Waals surface area contributed by atoms with E-state index in [1.165, 1.54) is 74.9 Å². The van der Waals surface area contributed by atoms with E-state index in [1.807, 2.05) is 0 Å². The summed E-state index contributed by atoms with van der Waals surface area (Å²) in [6, 6.07) is 72.2. The quantitative estimate of drug-likeness (QED) is 0.187. The number of para-hydroxylation sites is 4. The zero-order chi connectivity index (χ0) is 34.2. The summed E-state index contributed by atoms with van der Waals surface area (Å²) in [6.07, 6.45) is 0. The smallest absolute Gasteiger partial charge is 0.188 e. The van der Waals surface area contributed by atoms with Gasteiger partial charge in [0.25, 0.3) is 0 Å². The molecule has 0 unspecified atom stereocenters. The van der Waals surface area contributed by atoms with Crippen molar-refractivity contribution in [2.75, 3.05) is 0 Å². The van der Waals surface area contributed by atoms with Gasteiger partial charge in [0.05, 0.1) is 11.0 Å². The van der Waals surface area contributed by atoms with Crippen molar-refractivity contribution in [3.05, 3.63) is 194 Å². The fourth-order valence-corrected chi connectivity index (χ4v) is 18.7. The molecule has 0 saturated heterocycles.